The van der Waals surface area contributed by atoms with E-state index in [0.717, 1.165) is 5.69 Å². The van der Waals surface area contributed by atoms with Gasteiger partial charge in [0, 0.05) is 11.7 Å². The van der Waals surface area contributed by atoms with Crippen LogP contribution in [0, 0.1) is 6.92 Å². The van der Waals surface area contributed by atoms with Gasteiger partial charge in [-0.15, -0.1) is 0 Å². The van der Waals surface area contributed by atoms with Crippen LogP contribution in [0.3, 0.4) is 0 Å². The summed E-state index contributed by atoms with van der Waals surface area (Å²) in [5, 5.41) is 6.34. The van der Waals surface area contributed by atoms with Gasteiger partial charge < -0.3 is 10.6 Å². The highest BCUT2D eigenvalue weighted by atomic mass is 32.2. The van der Waals surface area contributed by atoms with Crippen molar-refractivity contribution >= 4 is 15.5 Å². The van der Waals surface area contributed by atoms with E-state index in [2.05, 4.69) is 10.6 Å². The Morgan fingerprint density at radius 1 is 1.12 bits per heavy atom. The first-order chi connectivity index (χ1) is 8.00. The van der Waals surface area contributed by atoms with E-state index in [-0.39, 0.29) is 23.6 Å². The summed E-state index contributed by atoms with van der Waals surface area (Å²) in [7, 11) is -1.11. The zero-order valence-corrected chi connectivity index (χ0v) is 10.9. The van der Waals surface area contributed by atoms with Gasteiger partial charge >= 0.3 is 0 Å². The topological polar surface area (TPSA) is 58.2 Å². The molecule has 1 aromatic rings. The average molecular weight is 254 g/mol. The molecule has 94 valence electrons. The largest absolute Gasteiger partial charge is 0.380 e. The lowest BCUT2D eigenvalue weighted by molar-refractivity contribution is 0.573. The number of nitrogens with one attached hydrogen (secondary N) is 2. The summed E-state index contributed by atoms with van der Waals surface area (Å²) in [6.45, 7) is 2.03. The fourth-order valence-electron chi connectivity index (χ4n) is 2.14. The van der Waals surface area contributed by atoms with Gasteiger partial charge in [0.15, 0.2) is 9.84 Å². The molecule has 1 fully saturated rings. The Kier molecular flexibility index (Phi) is 3.40. The number of likely N-dealkylation sites (N-methyl/N-ethyl adjacent to an activating group) is 1. The molecule has 2 unspecified atom stereocenters. The van der Waals surface area contributed by atoms with Crippen molar-refractivity contribution in [1.29, 1.82) is 0 Å². The molecule has 1 aromatic carbocycles. The molecule has 0 aromatic heterocycles. The fourth-order valence-corrected chi connectivity index (χ4v) is 4.08. The van der Waals surface area contributed by atoms with Crippen molar-refractivity contribution in [1.82, 2.24) is 5.32 Å². The minimum Gasteiger partial charge on any atom is -0.380 e. The molecule has 2 atom stereocenters. The Morgan fingerprint density at radius 2 is 1.71 bits per heavy atom. The maximum Gasteiger partial charge on any atom is 0.153 e. The van der Waals surface area contributed by atoms with Crippen LogP contribution in [0.1, 0.15) is 5.56 Å². The quantitative estimate of drug-likeness (QED) is 0.837. The highest BCUT2D eigenvalue weighted by Crippen LogP contribution is 2.18. The zero-order chi connectivity index (χ0) is 12.5. The fraction of sp³-hybridized carbons (Fsp3) is 0.500. The monoisotopic (exact) mass is 254 g/mol. The molecule has 2 rings (SSSR count). The number of hydrogen-bond acceptors (Lipinski definition) is 4. The molecule has 1 saturated heterocycles. The molecule has 5 heteroatoms. The molecule has 0 saturated carbocycles. The summed E-state index contributed by atoms with van der Waals surface area (Å²) in [4.78, 5) is 0. The average Bonchev–Trinajstić information content (AvgIpc) is 2.56. The van der Waals surface area contributed by atoms with Crippen LogP contribution in [-0.2, 0) is 9.84 Å². The Morgan fingerprint density at radius 3 is 2.29 bits per heavy atom. The summed E-state index contributed by atoms with van der Waals surface area (Å²) in [5.74, 6) is 0.416. The molecular weight excluding hydrogens is 236 g/mol. The van der Waals surface area contributed by atoms with E-state index in [1.807, 2.05) is 31.2 Å². The molecule has 1 heterocycles. The number of hydrogen-bond donors (Lipinski definition) is 2. The van der Waals surface area contributed by atoms with Crippen molar-refractivity contribution in [3.63, 3.8) is 0 Å². The van der Waals surface area contributed by atoms with E-state index >= 15 is 0 Å². The van der Waals surface area contributed by atoms with Crippen LogP contribution in [0.25, 0.3) is 0 Å². The second-order valence-corrected chi connectivity index (χ2v) is 6.74. The van der Waals surface area contributed by atoms with Crippen molar-refractivity contribution in [2.75, 3.05) is 23.9 Å². The third-order valence-corrected chi connectivity index (χ3v) is 4.86. The van der Waals surface area contributed by atoms with Crippen molar-refractivity contribution in [3.05, 3.63) is 29.8 Å². The van der Waals surface area contributed by atoms with Crippen LogP contribution in [0.2, 0.25) is 0 Å². The van der Waals surface area contributed by atoms with Crippen molar-refractivity contribution < 1.29 is 8.42 Å². The van der Waals surface area contributed by atoms with Gasteiger partial charge in [-0.25, -0.2) is 8.42 Å². The van der Waals surface area contributed by atoms with Gasteiger partial charge in [-0.3, -0.25) is 0 Å². The minimum absolute atomic E-state index is 0.0127. The van der Waals surface area contributed by atoms with E-state index in [4.69, 9.17) is 0 Å². The summed E-state index contributed by atoms with van der Waals surface area (Å²) >= 11 is 0. The Balaban J connectivity index is 2.10. The minimum atomic E-state index is -2.91. The van der Waals surface area contributed by atoms with Gasteiger partial charge in [0.05, 0.1) is 17.5 Å². The van der Waals surface area contributed by atoms with Crippen molar-refractivity contribution in [2.45, 2.75) is 19.0 Å². The van der Waals surface area contributed by atoms with Gasteiger partial charge in [-0.1, -0.05) is 17.7 Å². The van der Waals surface area contributed by atoms with Crippen LogP contribution in [-0.4, -0.2) is 39.1 Å². The molecule has 0 spiro atoms. The number of sulfone groups is 1. The molecule has 0 radical (unpaired) electrons. The van der Waals surface area contributed by atoms with Gasteiger partial charge in [0.2, 0.25) is 0 Å². The summed E-state index contributed by atoms with van der Waals surface area (Å²) in [5.41, 5.74) is 2.16. The van der Waals surface area contributed by atoms with Crippen molar-refractivity contribution in [3.8, 4) is 0 Å². The smallest absolute Gasteiger partial charge is 0.153 e. The SMILES string of the molecule is CNC1CS(=O)(=O)CC1Nc1ccc(C)cc1. The van der Waals surface area contributed by atoms with Crippen molar-refractivity contribution in [2.24, 2.45) is 0 Å². The van der Waals surface area contributed by atoms with Crippen LogP contribution >= 0.6 is 0 Å². The predicted molar refractivity (Wildman–Crippen MR) is 70.1 cm³/mol. The van der Waals surface area contributed by atoms with Gasteiger partial charge in [-0.2, -0.15) is 0 Å². The maximum absolute atomic E-state index is 11.6. The van der Waals surface area contributed by atoms with Gasteiger partial charge in [0.25, 0.3) is 0 Å². The number of aryl methyl sites for hydroxylation is 1. The molecular formula is C12H18N2O2S. The molecule has 0 amide bonds. The van der Waals surface area contributed by atoms with Crippen LogP contribution < -0.4 is 10.6 Å². The second kappa shape index (κ2) is 4.66. The molecule has 4 nitrogen and oxygen atoms in total. The first-order valence-corrected chi connectivity index (χ1v) is 7.53. The van der Waals surface area contributed by atoms with E-state index < -0.39 is 9.84 Å². The van der Waals surface area contributed by atoms with Gasteiger partial charge in [0.1, 0.15) is 0 Å². The summed E-state index contributed by atoms with van der Waals surface area (Å²) in [6.07, 6.45) is 0. The van der Waals surface area contributed by atoms with Crippen LogP contribution in [0.15, 0.2) is 24.3 Å². The van der Waals surface area contributed by atoms with Crippen LogP contribution in [0.4, 0.5) is 5.69 Å². The molecule has 0 bridgehead atoms. The van der Waals surface area contributed by atoms with E-state index in [9.17, 15) is 8.42 Å². The second-order valence-electron chi connectivity index (χ2n) is 4.59. The molecule has 0 aliphatic carbocycles. The first kappa shape index (κ1) is 12.4. The molecule has 1 aliphatic rings. The molecule has 1 aliphatic heterocycles. The number of anilines is 1. The molecule has 2 N–H and O–H groups in total. The third-order valence-electron chi connectivity index (χ3n) is 3.13. The summed E-state index contributed by atoms with van der Waals surface area (Å²) in [6, 6.07) is 7.93. The standard InChI is InChI=1S/C12H18N2O2S/c1-9-3-5-10(6-4-9)14-12-8-17(15,16)7-11(12)13-2/h3-6,11-14H,7-8H2,1-2H3. The lowest BCUT2D eigenvalue weighted by Crippen LogP contribution is -2.41. The van der Waals surface area contributed by atoms with E-state index in [1.54, 1.807) is 7.05 Å². The Labute approximate surface area is 102 Å². The normalized spacial score (nSPS) is 26.9. The number of benzene rings is 1. The van der Waals surface area contributed by atoms with Gasteiger partial charge in [-0.05, 0) is 26.1 Å². The van der Waals surface area contributed by atoms with Crippen LogP contribution in [0.5, 0.6) is 0 Å². The highest BCUT2D eigenvalue weighted by Gasteiger charge is 2.36. The Hall–Kier alpha value is -1.07. The lowest BCUT2D eigenvalue weighted by atomic mass is 10.1. The zero-order valence-electron chi connectivity index (χ0n) is 10.1. The maximum atomic E-state index is 11.6. The predicted octanol–water partition coefficient (Wildman–Crippen LogP) is 0.792. The molecule has 17 heavy (non-hydrogen) atoms. The van der Waals surface area contributed by atoms with E-state index in [1.165, 1.54) is 5.56 Å². The number of rotatable bonds is 3. The highest BCUT2D eigenvalue weighted by molar-refractivity contribution is 7.91. The third kappa shape index (κ3) is 2.98. The van der Waals surface area contributed by atoms with E-state index in [0.29, 0.717) is 0 Å². The Bertz CT molecular complexity index is 482. The lowest BCUT2D eigenvalue weighted by Gasteiger charge is -2.20. The first-order valence-electron chi connectivity index (χ1n) is 5.71. The summed E-state index contributed by atoms with van der Waals surface area (Å²) < 4.78 is 23.1.